The fourth-order valence-corrected chi connectivity index (χ4v) is 1.86. The zero-order valence-corrected chi connectivity index (χ0v) is 10.7. The lowest BCUT2D eigenvalue weighted by molar-refractivity contribution is 0.0786. The molecule has 0 saturated carbocycles. The van der Waals surface area contributed by atoms with Crippen LogP contribution in [-0.2, 0) is 11.5 Å². The molecule has 0 radical (unpaired) electrons. The number of aromatic nitrogens is 2. The molecule has 0 spiro atoms. The van der Waals surface area contributed by atoms with E-state index >= 15 is 0 Å². The van der Waals surface area contributed by atoms with Gasteiger partial charge in [0.25, 0.3) is 0 Å². The minimum atomic E-state index is -0.971. The Bertz CT molecular complexity index is 283. The Morgan fingerprint density at radius 1 is 1.50 bits per heavy atom. The van der Waals surface area contributed by atoms with Crippen LogP contribution in [0.3, 0.4) is 0 Å². The van der Waals surface area contributed by atoms with E-state index in [0.717, 1.165) is 6.61 Å². The van der Waals surface area contributed by atoms with Crippen LogP contribution < -0.4 is 0 Å². The molecule has 1 heterocycles. The maximum Gasteiger partial charge on any atom is 0.139 e. The zero-order chi connectivity index (χ0) is 10.6. The minimum absolute atomic E-state index is 0.497. The quantitative estimate of drug-likeness (QED) is 0.577. The lowest BCUT2D eigenvalue weighted by Crippen LogP contribution is -2.22. The average Bonchev–Trinajstić information content (AvgIpc) is 2.44. The fourth-order valence-electron chi connectivity index (χ4n) is 0.945. The molecule has 0 N–H and O–H groups in total. The smallest absolute Gasteiger partial charge is 0.139 e. The second-order valence-electron chi connectivity index (χ2n) is 4.55. The Morgan fingerprint density at radius 2 is 2.21 bits per heavy atom. The average molecular weight is 233 g/mol. The molecule has 0 amide bonds. The molecule has 1 aromatic heterocycles. The summed E-state index contributed by atoms with van der Waals surface area (Å²) in [5.41, 5.74) is 0. The third-order valence-corrected chi connectivity index (χ3v) is 3.72. The molecule has 0 unspecified atom stereocenters. The maximum atomic E-state index is 5.71. The first-order chi connectivity index (χ1) is 6.47. The van der Waals surface area contributed by atoms with E-state index in [2.05, 4.69) is 24.7 Å². The van der Waals surface area contributed by atoms with E-state index in [1.165, 1.54) is 6.04 Å². The summed E-state index contributed by atoms with van der Waals surface area (Å²) < 4.78 is 7.19. The Balaban J connectivity index is 2.16. The van der Waals surface area contributed by atoms with Crippen molar-refractivity contribution >= 4 is 19.7 Å². The van der Waals surface area contributed by atoms with Crippen molar-refractivity contribution < 1.29 is 4.74 Å². The van der Waals surface area contributed by atoms with Gasteiger partial charge in [0.1, 0.15) is 6.73 Å². The Kier molecular flexibility index (Phi) is 4.16. The van der Waals surface area contributed by atoms with Gasteiger partial charge in [0.15, 0.2) is 0 Å². The van der Waals surface area contributed by atoms with Gasteiger partial charge in [-0.1, -0.05) is 31.2 Å². The first kappa shape index (κ1) is 11.7. The number of hydrogen-bond donors (Lipinski definition) is 0. The summed E-state index contributed by atoms with van der Waals surface area (Å²) in [6.07, 6.45) is 3.37. The summed E-state index contributed by atoms with van der Waals surface area (Å²) in [6.45, 7) is 8.31. The second kappa shape index (κ2) is 4.96. The zero-order valence-electron chi connectivity index (χ0n) is 8.96. The van der Waals surface area contributed by atoms with Crippen LogP contribution in [0.1, 0.15) is 0 Å². The topological polar surface area (TPSA) is 27.1 Å². The summed E-state index contributed by atoms with van der Waals surface area (Å²) in [5.74, 6) is 0. The van der Waals surface area contributed by atoms with Crippen LogP contribution in [0.2, 0.25) is 30.7 Å². The molecule has 0 atom stereocenters. The molecule has 1 aromatic rings. The highest BCUT2D eigenvalue weighted by atomic mass is 35.5. The van der Waals surface area contributed by atoms with Crippen LogP contribution in [0.4, 0.5) is 0 Å². The van der Waals surface area contributed by atoms with Gasteiger partial charge in [-0.05, 0) is 6.04 Å². The van der Waals surface area contributed by atoms with Crippen LogP contribution in [0, 0.1) is 0 Å². The van der Waals surface area contributed by atoms with E-state index in [9.17, 15) is 0 Å². The monoisotopic (exact) mass is 232 g/mol. The molecule has 1 rings (SSSR count). The summed E-state index contributed by atoms with van der Waals surface area (Å²) in [6, 6.07) is 1.18. The number of ether oxygens (including phenoxy) is 1. The highest BCUT2D eigenvalue weighted by molar-refractivity contribution is 6.76. The van der Waals surface area contributed by atoms with Crippen molar-refractivity contribution in [2.24, 2.45) is 0 Å². The number of nitrogens with zero attached hydrogens (tertiary/aromatic N) is 2. The standard InChI is InChI=1S/C9H17ClN2OSi/c1-14(2,3)5-4-13-8-12-7-9(10)6-11-12/h6-7H,4-5,8H2,1-3H3. The lowest BCUT2D eigenvalue weighted by Gasteiger charge is -2.15. The van der Waals surface area contributed by atoms with Gasteiger partial charge < -0.3 is 4.74 Å². The van der Waals surface area contributed by atoms with Gasteiger partial charge in [-0.15, -0.1) is 0 Å². The number of rotatable bonds is 5. The van der Waals surface area contributed by atoms with Crippen LogP contribution in [0.15, 0.2) is 12.4 Å². The predicted octanol–water partition coefficient (Wildman–Crippen LogP) is 2.85. The fraction of sp³-hybridized carbons (Fsp3) is 0.667. The van der Waals surface area contributed by atoms with Crippen molar-refractivity contribution in [3.05, 3.63) is 17.4 Å². The first-order valence-corrected chi connectivity index (χ1v) is 8.81. The van der Waals surface area contributed by atoms with Gasteiger partial charge in [0, 0.05) is 20.9 Å². The normalized spacial score (nSPS) is 12.0. The van der Waals surface area contributed by atoms with Gasteiger partial charge in [-0.2, -0.15) is 5.10 Å². The minimum Gasteiger partial charge on any atom is -0.360 e. The van der Waals surface area contributed by atoms with Gasteiger partial charge in [-0.25, -0.2) is 4.68 Å². The van der Waals surface area contributed by atoms with Crippen LogP contribution >= 0.6 is 11.6 Å². The summed E-state index contributed by atoms with van der Waals surface area (Å²) in [4.78, 5) is 0. The van der Waals surface area contributed by atoms with Crippen molar-refractivity contribution in [2.75, 3.05) is 6.61 Å². The second-order valence-corrected chi connectivity index (χ2v) is 10.6. The Hall–Kier alpha value is -0.323. The third kappa shape index (κ3) is 4.79. The van der Waals surface area contributed by atoms with Gasteiger partial charge >= 0.3 is 0 Å². The molecule has 0 aliphatic rings. The molecule has 3 nitrogen and oxygen atoms in total. The van der Waals surface area contributed by atoms with E-state index in [4.69, 9.17) is 16.3 Å². The van der Waals surface area contributed by atoms with E-state index in [1.54, 1.807) is 17.1 Å². The Morgan fingerprint density at radius 3 is 2.71 bits per heavy atom. The van der Waals surface area contributed by atoms with Gasteiger partial charge in [0.05, 0.1) is 11.2 Å². The largest absolute Gasteiger partial charge is 0.360 e. The van der Waals surface area contributed by atoms with Crippen molar-refractivity contribution in [1.82, 2.24) is 9.78 Å². The van der Waals surface area contributed by atoms with E-state index in [0.29, 0.717) is 11.8 Å². The molecule has 5 heteroatoms. The van der Waals surface area contributed by atoms with E-state index in [1.807, 2.05) is 0 Å². The molecule has 80 valence electrons. The molecule has 0 saturated heterocycles. The molecule has 0 aliphatic carbocycles. The molecular formula is C9H17ClN2OSi. The van der Waals surface area contributed by atoms with Gasteiger partial charge in [0.2, 0.25) is 0 Å². The van der Waals surface area contributed by atoms with E-state index < -0.39 is 8.07 Å². The predicted molar refractivity (Wildman–Crippen MR) is 61.3 cm³/mol. The molecule has 14 heavy (non-hydrogen) atoms. The highest BCUT2D eigenvalue weighted by Crippen LogP contribution is 2.08. The van der Waals surface area contributed by atoms with Crippen LogP contribution in [0.25, 0.3) is 0 Å². The summed E-state index contributed by atoms with van der Waals surface area (Å²) in [5, 5.41) is 4.67. The molecule has 0 fully saturated rings. The molecule has 0 aliphatic heterocycles. The van der Waals surface area contributed by atoms with Crippen LogP contribution in [-0.4, -0.2) is 24.5 Å². The van der Waals surface area contributed by atoms with Crippen molar-refractivity contribution in [1.29, 1.82) is 0 Å². The highest BCUT2D eigenvalue weighted by Gasteiger charge is 2.11. The van der Waals surface area contributed by atoms with Crippen molar-refractivity contribution in [2.45, 2.75) is 32.4 Å². The van der Waals surface area contributed by atoms with Crippen molar-refractivity contribution in [3.63, 3.8) is 0 Å². The SMILES string of the molecule is C[Si](C)(C)CCOCn1cc(Cl)cn1. The van der Waals surface area contributed by atoms with Gasteiger partial charge in [-0.3, -0.25) is 0 Å². The molecular weight excluding hydrogens is 216 g/mol. The third-order valence-electron chi connectivity index (χ3n) is 1.82. The first-order valence-electron chi connectivity index (χ1n) is 4.73. The van der Waals surface area contributed by atoms with Crippen LogP contribution in [0.5, 0.6) is 0 Å². The molecule has 0 aromatic carbocycles. The van der Waals surface area contributed by atoms with E-state index in [-0.39, 0.29) is 0 Å². The number of hydrogen-bond acceptors (Lipinski definition) is 2. The summed E-state index contributed by atoms with van der Waals surface area (Å²) in [7, 11) is -0.971. The van der Waals surface area contributed by atoms with Crippen molar-refractivity contribution in [3.8, 4) is 0 Å². The lowest BCUT2D eigenvalue weighted by atomic mass is 10.7. The molecule has 0 bridgehead atoms. The Labute approximate surface area is 91.0 Å². The maximum absolute atomic E-state index is 5.71. The summed E-state index contributed by atoms with van der Waals surface area (Å²) >= 11 is 5.71. The number of halogens is 1.